The monoisotopic (exact) mass is 554 g/mol. The van der Waals surface area contributed by atoms with Crippen molar-refractivity contribution in [3.63, 3.8) is 0 Å². The van der Waals surface area contributed by atoms with E-state index in [-0.39, 0.29) is 0 Å². The van der Waals surface area contributed by atoms with Crippen LogP contribution in [0.5, 0.6) is 0 Å². The molecule has 0 N–H and O–H groups in total. The summed E-state index contributed by atoms with van der Waals surface area (Å²) in [5.41, 5.74) is 24.8. The lowest BCUT2D eigenvalue weighted by molar-refractivity contribution is 0.00739. The Kier molecular flexibility index (Phi) is 15.8. The Morgan fingerprint density at radius 3 is 1.66 bits per heavy atom. The van der Waals surface area contributed by atoms with Crippen LogP contribution in [-0.2, 0) is 19.3 Å². The minimum absolute atomic E-state index is 0.895. The maximum absolute atomic E-state index is 9.79. The van der Waals surface area contributed by atoms with E-state index in [1.165, 1.54) is 88.6 Å². The van der Waals surface area contributed by atoms with Gasteiger partial charge < -0.3 is 5.53 Å². The second kappa shape index (κ2) is 18.7. The molecule has 0 saturated carbocycles. The molecule has 0 amide bonds. The van der Waals surface area contributed by atoms with E-state index in [2.05, 4.69) is 90.3 Å². The zero-order valence-corrected chi connectivity index (χ0v) is 27.8. The van der Waals surface area contributed by atoms with Gasteiger partial charge >= 0.3 is 5.87 Å². The Bertz CT molecular complexity index is 1180. The van der Waals surface area contributed by atoms with Gasteiger partial charge in [-0.25, -0.2) is 0 Å². The van der Waals surface area contributed by atoms with E-state index in [9.17, 15) is 5.53 Å². The first-order valence-corrected chi connectivity index (χ1v) is 16.8. The van der Waals surface area contributed by atoms with Crippen LogP contribution in [0.15, 0.2) is 35.4 Å². The molecular weight excluding hydrogens is 496 g/mol. The van der Waals surface area contributed by atoms with Crippen LogP contribution < -0.4 is 0 Å². The summed E-state index contributed by atoms with van der Waals surface area (Å²) >= 11 is 0. The summed E-state index contributed by atoms with van der Waals surface area (Å²) in [6.07, 6.45) is 17.0. The minimum Gasteiger partial charge on any atom is -0.348 e. The van der Waals surface area contributed by atoms with Gasteiger partial charge in [-0.15, -0.1) is 4.79 Å². The Hall–Kier alpha value is -2.66. The fraction of sp³-hybridized carbons (Fsp3) is 0.590. The van der Waals surface area contributed by atoms with Gasteiger partial charge in [-0.3, -0.25) is 0 Å². The fourth-order valence-electron chi connectivity index (χ4n) is 6.23. The smallest absolute Gasteiger partial charge is 0.303 e. The summed E-state index contributed by atoms with van der Waals surface area (Å²) in [5.74, 6) is 3.09. The van der Waals surface area contributed by atoms with Crippen molar-refractivity contribution in [3.05, 3.63) is 85.5 Å². The van der Waals surface area contributed by atoms with Gasteiger partial charge in [0.05, 0.1) is 5.57 Å². The largest absolute Gasteiger partial charge is 0.348 e. The van der Waals surface area contributed by atoms with Crippen LogP contribution >= 0.6 is 0 Å². The molecule has 0 aliphatic heterocycles. The van der Waals surface area contributed by atoms with Crippen molar-refractivity contribution in [1.82, 2.24) is 0 Å². The summed E-state index contributed by atoms with van der Waals surface area (Å²) in [4.78, 5) is 3.51. The molecule has 0 saturated heterocycles. The molecule has 2 rings (SSSR count). The molecule has 41 heavy (non-hydrogen) atoms. The summed E-state index contributed by atoms with van der Waals surface area (Å²) in [5, 5.41) is 0. The quantitative estimate of drug-likeness (QED) is 0.0577. The molecule has 0 aliphatic rings. The third kappa shape index (κ3) is 9.99. The lowest BCUT2D eigenvalue weighted by Crippen LogP contribution is -2.06. The highest BCUT2D eigenvalue weighted by Crippen LogP contribution is 2.38. The maximum Gasteiger partial charge on any atom is 0.303 e. The molecule has 2 nitrogen and oxygen atoms in total. The number of nitrogens with zero attached hydrogens (tertiary/aromatic N) is 2. The Balaban J connectivity index is 3.05. The van der Waals surface area contributed by atoms with Crippen LogP contribution in [0.1, 0.15) is 156 Å². The topological polar surface area (TPSA) is 36.4 Å². The highest BCUT2D eigenvalue weighted by Gasteiger charge is 2.21. The van der Waals surface area contributed by atoms with E-state index in [4.69, 9.17) is 0 Å². The zero-order valence-electron chi connectivity index (χ0n) is 27.8. The molecule has 0 heterocycles. The summed E-state index contributed by atoms with van der Waals surface area (Å²) in [6.45, 7) is 18.1. The van der Waals surface area contributed by atoms with Crippen molar-refractivity contribution >= 4 is 11.4 Å². The van der Waals surface area contributed by atoms with Gasteiger partial charge in [0.15, 0.2) is 0 Å². The molecule has 0 fully saturated rings. The highest BCUT2D eigenvalue weighted by molar-refractivity contribution is 5.88. The lowest BCUT2D eigenvalue weighted by atomic mass is 9.81. The van der Waals surface area contributed by atoms with Crippen molar-refractivity contribution in [2.75, 3.05) is 0 Å². The number of rotatable bonds is 18. The Morgan fingerprint density at radius 2 is 1.15 bits per heavy atom. The zero-order chi connectivity index (χ0) is 30.2. The maximum atomic E-state index is 9.79. The molecule has 0 spiro atoms. The average molecular weight is 555 g/mol. The third-order valence-electron chi connectivity index (χ3n) is 8.64. The van der Waals surface area contributed by atoms with Crippen LogP contribution in [0.4, 0.5) is 0 Å². The molecular formula is C39H58N2. The first-order valence-electron chi connectivity index (χ1n) is 16.8. The minimum atomic E-state index is 0.895. The highest BCUT2D eigenvalue weighted by atomic mass is 14.8. The van der Waals surface area contributed by atoms with Gasteiger partial charge in [0.25, 0.3) is 0 Å². The van der Waals surface area contributed by atoms with Crippen LogP contribution in [-0.4, -0.2) is 10.7 Å². The molecule has 0 atom stereocenters. The second-order valence-electron chi connectivity index (χ2n) is 12.1. The third-order valence-corrected chi connectivity index (χ3v) is 8.64. The summed E-state index contributed by atoms with van der Waals surface area (Å²) in [7, 11) is 0. The molecule has 2 aromatic rings. The summed E-state index contributed by atoms with van der Waals surface area (Å²) < 4.78 is 0. The van der Waals surface area contributed by atoms with E-state index >= 15 is 0 Å². The first kappa shape index (κ1) is 34.5. The molecule has 0 unspecified atom stereocenters. The van der Waals surface area contributed by atoms with Gasteiger partial charge in [0.1, 0.15) is 0 Å². The molecule has 224 valence electrons. The molecule has 2 aromatic carbocycles. The van der Waals surface area contributed by atoms with Gasteiger partial charge in [-0.05, 0) is 121 Å². The van der Waals surface area contributed by atoms with Gasteiger partial charge in [0, 0.05) is 0 Å². The molecule has 2 heteroatoms. The summed E-state index contributed by atoms with van der Waals surface area (Å²) in [6, 6.07) is 9.81. The van der Waals surface area contributed by atoms with Gasteiger partial charge in [0.2, 0.25) is 0 Å². The standard InChI is InChI=1S/C39H58N2/c1-9-14-16-18-23-38(34(28-41-40)22-17-15-10-2)39(35-24-29(6)31(8)30(7)25-35)36-26-32(19-11-3)37(21-13-5)33(27-36)20-12-4/h24-27H,9-23H2,1-8H3. The van der Waals surface area contributed by atoms with Gasteiger partial charge in [-0.2, -0.15) is 0 Å². The van der Waals surface area contributed by atoms with Crippen molar-refractivity contribution in [2.24, 2.45) is 0 Å². The van der Waals surface area contributed by atoms with Crippen molar-refractivity contribution < 1.29 is 4.79 Å². The SMILES string of the molecule is CCCCCCC(C(=C=[N+]=[N-])CCCCC)=C(c1cc(C)c(C)c(C)c1)c1cc(CCC)c(CCC)c(CCC)c1. The van der Waals surface area contributed by atoms with Crippen LogP contribution in [0, 0.1) is 20.8 Å². The lowest BCUT2D eigenvalue weighted by Gasteiger charge is -2.23. The Labute approximate surface area is 253 Å². The van der Waals surface area contributed by atoms with E-state index in [0.29, 0.717) is 0 Å². The molecule has 0 radical (unpaired) electrons. The fourth-order valence-corrected chi connectivity index (χ4v) is 6.23. The number of hydrogen-bond donors (Lipinski definition) is 0. The van der Waals surface area contributed by atoms with Crippen LogP contribution in [0.3, 0.4) is 0 Å². The number of hydrogen-bond acceptors (Lipinski definition) is 0. The van der Waals surface area contributed by atoms with E-state index in [0.717, 1.165) is 63.4 Å². The number of aryl methyl sites for hydroxylation is 4. The average Bonchev–Trinajstić information content (AvgIpc) is 2.95. The number of allylic oxidation sites excluding steroid dienone is 2. The predicted molar refractivity (Wildman–Crippen MR) is 180 cm³/mol. The Morgan fingerprint density at radius 1 is 0.634 bits per heavy atom. The number of unbranched alkanes of at least 4 members (excludes halogenated alkanes) is 5. The second-order valence-corrected chi connectivity index (χ2v) is 12.1. The predicted octanol–water partition coefficient (Wildman–Crippen LogP) is 11.6. The van der Waals surface area contributed by atoms with E-state index < -0.39 is 0 Å². The molecule has 0 aromatic heterocycles. The van der Waals surface area contributed by atoms with Crippen molar-refractivity contribution in [3.8, 4) is 0 Å². The van der Waals surface area contributed by atoms with Crippen LogP contribution in [0.2, 0.25) is 0 Å². The first-order chi connectivity index (χ1) is 19.9. The molecule has 0 aliphatic carbocycles. The molecule has 0 bridgehead atoms. The van der Waals surface area contributed by atoms with E-state index in [1.54, 1.807) is 5.56 Å². The number of benzene rings is 2. The van der Waals surface area contributed by atoms with Crippen LogP contribution in [0.25, 0.3) is 11.1 Å². The van der Waals surface area contributed by atoms with Gasteiger partial charge in [-0.1, -0.05) is 110 Å². The normalized spacial score (nSPS) is 11.7. The van der Waals surface area contributed by atoms with E-state index in [1.807, 2.05) is 0 Å². The van der Waals surface area contributed by atoms with Crippen molar-refractivity contribution in [1.29, 1.82) is 0 Å². The van der Waals surface area contributed by atoms with Crippen molar-refractivity contribution in [2.45, 2.75) is 152 Å².